The van der Waals surface area contributed by atoms with Gasteiger partial charge in [0.2, 0.25) is 5.91 Å². The van der Waals surface area contributed by atoms with Crippen molar-refractivity contribution < 1.29 is 14.7 Å². The maximum absolute atomic E-state index is 10.8. The second-order valence-corrected chi connectivity index (χ2v) is 3.82. The third-order valence-electron chi connectivity index (χ3n) is 1.16. The Labute approximate surface area is 86.3 Å². The summed E-state index contributed by atoms with van der Waals surface area (Å²) in [6.07, 6.45) is 0. The van der Waals surface area contributed by atoms with Crippen LogP contribution in [0, 0.1) is 0 Å². The number of carbonyl (C=O) groups is 2. The molecule has 1 heterocycles. The van der Waals surface area contributed by atoms with E-state index in [1.807, 2.05) is 6.92 Å². The highest BCUT2D eigenvalue weighted by atomic mass is 32.2. The van der Waals surface area contributed by atoms with Crippen LogP contribution in [0.3, 0.4) is 0 Å². The molecule has 1 rings (SSSR count). The van der Waals surface area contributed by atoms with E-state index in [1.54, 1.807) is 4.90 Å². The van der Waals surface area contributed by atoms with Gasteiger partial charge in [0.25, 0.3) is 5.97 Å². The van der Waals surface area contributed by atoms with E-state index in [-0.39, 0.29) is 5.91 Å². The molecule has 74 valence electrons. The van der Waals surface area contributed by atoms with Crippen LogP contribution in [0.4, 0.5) is 0 Å². The fourth-order valence-corrected chi connectivity index (χ4v) is 1.88. The number of nitrogens with zero attached hydrogens (tertiary/aromatic N) is 1. The zero-order valence-electron chi connectivity index (χ0n) is 7.44. The Morgan fingerprint density at radius 1 is 1.77 bits per heavy atom. The lowest BCUT2D eigenvalue weighted by Crippen LogP contribution is -2.27. The quantitative estimate of drug-likeness (QED) is 0.668. The lowest BCUT2D eigenvalue weighted by Gasteiger charge is -2.09. The van der Waals surface area contributed by atoms with Gasteiger partial charge in [-0.25, -0.2) is 0 Å². The van der Waals surface area contributed by atoms with Gasteiger partial charge < -0.3 is 5.11 Å². The molecule has 0 aliphatic carbocycles. The van der Waals surface area contributed by atoms with Gasteiger partial charge in [0.05, 0.1) is 5.75 Å². The molecule has 0 aromatic heterocycles. The van der Waals surface area contributed by atoms with Gasteiger partial charge in [0, 0.05) is 13.5 Å². The fourth-order valence-electron chi connectivity index (χ4n) is 0.687. The van der Waals surface area contributed by atoms with Crippen molar-refractivity contribution in [2.45, 2.75) is 13.8 Å². The van der Waals surface area contributed by atoms with Crippen molar-refractivity contribution in [3.05, 3.63) is 0 Å². The number of carboxylic acid groups (broad SMARTS) is 1. The molecule has 0 saturated carbocycles. The van der Waals surface area contributed by atoms with Crippen LogP contribution in [0.1, 0.15) is 13.8 Å². The van der Waals surface area contributed by atoms with Crippen LogP contribution < -0.4 is 0 Å². The van der Waals surface area contributed by atoms with Crippen molar-refractivity contribution in [3.63, 3.8) is 0 Å². The lowest BCUT2D eigenvalue weighted by molar-refractivity contribution is -0.134. The summed E-state index contributed by atoms with van der Waals surface area (Å²) in [5, 5.41) is 7.42. The SMILES string of the molecule is CC(=O)O.CCN1C(=O)CSC1=S. The first-order chi connectivity index (χ1) is 5.99. The van der Waals surface area contributed by atoms with Gasteiger partial charge >= 0.3 is 0 Å². The van der Waals surface area contributed by atoms with Crippen LogP contribution in [0.5, 0.6) is 0 Å². The maximum Gasteiger partial charge on any atom is 0.300 e. The number of aliphatic carboxylic acids is 1. The Morgan fingerprint density at radius 3 is 2.38 bits per heavy atom. The zero-order chi connectivity index (χ0) is 10.4. The van der Waals surface area contributed by atoms with Crippen LogP contribution >= 0.6 is 24.0 Å². The number of amides is 1. The Morgan fingerprint density at radius 2 is 2.23 bits per heavy atom. The maximum atomic E-state index is 10.8. The molecule has 0 spiro atoms. The topological polar surface area (TPSA) is 57.6 Å². The van der Waals surface area contributed by atoms with Gasteiger partial charge in [-0.2, -0.15) is 0 Å². The van der Waals surface area contributed by atoms with E-state index in [4.69, 9.17) is 22.1 Å². The summed E-state index contributed by atoms with van der Waals surface area (Å²) in [6.45, 7) is 3.72. The monoisotopic (exact) mass is 221 g/mol. The molecule has 0 atom stereocenters. The minimum atomic E-state index is -0.833. The Hall–Kier alpha value is -0.620. The van der Waals surface area contributed by atoms with Crippen LogP contribution in [0.2, 0.25) is 0 Å². The first-order valence-electron chi connectivity index (χ1n) is 3.65. The van der Waals surface area contributed by atoms with Crippen molar-refractivity contribution in [2.24, 2.45) is 0 Å². The molecule has 1 aliphatic heterocycles. The molecule has 0 bridgehead atoms. The van der Waals surface area contributed by atoms with Crippen molar-refractivity contribution in [2.75, 3.05) is 12.3 Å². The molecule has 1 saturated heterocycles. The predicted octanol–water partition coefficient (Wildman–Crippen LogP) is 0.957. The summed E-state index contributed by atoms with van der Waals surface area (Å²) in [4.78, 5) is 21.5. The van der Waals surface area contributed by atoms with Crippen LogP contribution in [-0.2, 0) is 9.59 Å². The van der Waals surface area contributed by atoms with Gasteiger partial charge in [-0.05, 0) is 6.92 Å². The Bertz CT molecular complexity index is 210. The molecule has 1 N–H and O–H groups in total. The van der Waals surface area contributed by atoms with Crippen molar-refractivity contribution in [1.29, 1.82) is 0 Å². The normalized spacial score (nSPS) is 15.4. The Kier molecular flexibility index (Phi) is 5.65. The summed E-state index contributed by atoms with van der Waals surface area (Å²) < 4.78 is 0.725. The second kappa shape index (κ2) is 5.93. The summed E-state index contributed by atoms with van der Waals surface area (Å²) in [5.74, 6) is -0.153. The molecule has 0 unspecified atom stereocenters. The zero-order valence-corrected chi connectivity index (χ0v) is 9.07. The van der Waals surface area contributed by atoms with Gasteiger partial charge in [-0.3, -0.25) is 14.5 Å². The van der Waals surface area contributed by atoms with Crippen LogP contribution in [0.15, 0.2) is 0 Å². The third kappa shape index (κ3) is 4.84. The lowest BCUT2D eigenvalue weighted by atomic mass is 10.6. The van der Waals surface area contributed by atoms with E-state index < -0.39 is 5.97 Å². The predicted molar refractivity (Wildman–Crippen MR) is 55.8 cm³/mol. The van der Waals surface area contributed by atoms with Gasteiger partial charge in [-0.15, -0.1) is 0 Å². The largest absolute Gasteiger partial charge is 0.481 e. The number of hydrogen-bond donors (Lipinski definition) is 1. The molecular weight excluding hydrogens is 210 g/mol. The summed E-state index contributed by atoms with van der Waals surface area (Å²) in [5.41, 5.74) is 0. The number of thiocarbonyl (C=S) groups is 1. The summed E-state index contributed by atoms with van der Waals surface area (Å²) in [6, 6.07) is 0. The summed E-state index contributed by atoms with van der Waals surface area (Å²) in [7, 11) is 0. The Balaban J connectivity index is 0.000000310. The smallest absolute Gasteiger partial charge is 0.300 e. The van der Waals surface area contributed by atoms with Crippen LogP contribution in [-0.4, -0.2) is 38.5 Å². The molecular formula is C7H11NO3S2. The highest BCUT2D eigenvalue weighted by Gasteiger charge is 2.24. The molecule has 0 aromatic carbocycles. The number of hydrogen-bond acceptors (Lipinski definition) is 4. The number of carboxylic acids is 1. The van der Waals surface area contributed by atoms with Crippen molar-refractivity contribution in [3.8, 4) is 0 Å². The van der Waals surface area contributed by atoms with Gasteiger partial charge in [0.1, 0.15) is 4.32 Å². The molecule has 6 heteroatoms. The van der Waals surface area contributed by atoms with E-state index in [2.05, 4.69) is 0 Å². The molecule has 13 heavy (non-hydrogen) atoms. The number of carbonyl (C=O) groups excluding carboxylic acids is 1. The first kappa shape index (κ1) is 12.4. The van der Waals surface area contributed by atoms with E-state index >= 15 is 0 Å². The van der Waals surface area contributed by atoms with Gasteiger partial charge in [-0.1, -0.05) is 24.0 Å². The van der Waals surface area contributed by atoms with Crippen molar-refractivity contribution >= 4 is 40.2 Å². The second-order valence-electron chi connectivity index (χ2n) is 2.21. The van der Waals surface area contributed by atoms with E-state index in [1.165, 1.54) is 11.8 Å². The molecule has 1 amide bonds. The summed E-state index contributed by atoms with van der Waals surface area (Å²) >= 11 is 6.33. The average Bonchev–Trinajstić information content (AvgIpc) is 2.30. The molecule has 1 fully saturated rings. The molecule has 1 aliphatic rings. The highest BCUT2D eigenvalue weighted by molar-refractivity contribution is 8.23. The number of rotatable bonds is 1. The molecule has 0 aromatic rings. The minimum Gasteiger partial charge on any atom is -0.481 e. The van der Waals surface area contributed by atoms with Gasteiger partial charge in [0.15, 0.2) is 0 Å². The van der Waals surface area contributed by atoms with E-state index in [0.29, 0.717) is 12.3 Å². The van der Waals surface area contributed by atoms with Crippen molar-refractivity contribution in [1.82, 2.24) is 4.90 Å². The minimum absolute atomic E-state index is 0.146. The first-order valence-corrected chi connectivity index (χ1v) is 5.05. The average molecular weight is 221 g/mol. The molecule has 4 nitrogen and oxygen atoms in total. The standard InChI is InChI=1S/C5H7NOS2.C2H4O2/c1-2-6-4(7)3-9-5(6)8;1-2(3)4/h2-3H2,1H3;1H3,(H,3,4). The van der Waals surface area contributed by atoms with E-state index in [9.17, 15) is 4.79 Å². The third-order valence-corrected chi connectivity index (χ3v) is 2.59. The van der Waals surface area contributed by atoms with E-state index in [0.717, 1.165) is 11.2 Å². The highest BCUT2D eigenvalue weighted by Crippen LogP contribution is 2.17. The molecule has 0 radical (unpaired) electrons. The van der Waals surface area contributed by atoms with Crippen LogP contribution in [0.25, 0.3) is 0 Å². The fraction of sp³-hybridized carbons (Fsp3) is 0.571. The number of thioether (sulfide) groups is 1.